The first-order chi connectivity index (χ1) is 9.69. The summed E-state index contributed by atoms with van der Waals surface area (Å²) in [6.45, 7) is 6.60. The van der Waals surface area contributed by atoms with Crippen LogP contribution in [0, 0.1) is 0 Å². The molecule has 1 aromatic rings. The third kappa shape index (κ3) is 4.13. The van der Waals surface area contributed by atoms with E-state index >= 15 is 0 Å². The normalized spacial score (nSPS) is 16.8. The highest BCUT2D eigenvalue weighted by molar-refractivity contribution is 5.83. The number of hydrazone groups is 1. The van der Waals surface area contributed by atoms with Gasteiger partial charge >= 0.3 is 0 Å². The summed E-state index contributed by atoms with van der Waals surface area (Å²) in [5, 5.41) is 16.4. The molecule has 1 N–H and O–H groups in total. The number of nitrogens with zero attached hydrogens (tertiary/aromatic N) is 3. The summed E-state index contributed by atoms with van der Waals surface area (Å²) in [7, 11) is 2.11. The van der Waals surface area contributed by atoms with Crippen LogP contribution in [0.3, 0.4) is 0 Å². The van der Waals surface area contributed by atoms with Gasteiger partial charge in [0.2, 0.25) is 0 Å². The molecule has 0 bridgehead atoms. The largest absolute Gasteiger partial charge is 0.507 e. The molecule has 0 spiro atoms. The number of likely N-dealkylation sites (N-methyl/N-ethyl adjacent to an activating group) is 1. The van der Waals surface area contributed by atoms with Crippen molar-refractivity contribution in [3.05, 3.63) is 23.8 Å². The minimum absolute atomic E-state index is 0.205. The molecule has 0 aromatic heterocycles. The first-order valence-electron chi connectivity index (χ1n) is 7.12. The lowest BCUT2D eigenvalue weighted by Crippen LogP contribution is -2.41. The molecular weight excluding hydrogens is 254 g/mol. The molecule has 1 aliphatic rings. The smallest absolute Gasteiger partial charge is 0.128 e. The summed E-state index contributed by atoms with van der Waals surface area (Å²) in [5.41, 5.74) is 0.716. The predicted octanol–water partition coefficient (Wildman–Crippen LogP) is 1.76. The molecule has 0 atom stereocenters. The summed E-state index contributed by atoms with van der Waals surface area (Å²) < 4.78 is 5.48. The standard InChI is InChI=1S/C15H23N3O2/c1-3-10-20-14-5-4-13(15(19)11-14)12-16-18-8-6-17(2)7-9-18/h4-5,11-12,19H,3,6-10H2,1-2H3/b16-12+. The number of aromatic hydroxyl groups is 1. The molecule has 0 radical (unpaired) electrons. The van der Waals surface area contributed by atoms with Crippen LogP contribution in [0.1, 0.15) is 18.9 Å². The highest BCUT2D eigenvalue weighted by Crippen LogP contribution is 2.22. The summed E-state index contributed by atoms with van der Waals surface area (Å²) in [6, 6.07) is 5.33. The van der Waals surface area contributed by atoms with Gasteiger partial charge in [-0.05, 0) is 25.6 Å². The van der Waals surface area contributed by atoms with Crippen molar-refractivity contribution in [1.29, 1.82) is 0 Å². The Balaban J connectivity index is 1.95. The van der Waals surface area contributed by atoms with Gasteiger partial charge in [-0.3, -0.25) is 5.01 Å². The lowest BCUT2D eigenvalue weighted by molar-refractivity contribution is 0.159. The van der Waals surface area contributed by atoms with Gasteiger partial charge in [0.05, 0.1) is 12.8 Å². The number of piperazine rings is 1. The number of benzene rings is 1. The molecule has 1 fully saturated rings. The van der Waals surface area contributed by atoms with Gasteiger partial charge in [-0.2, -0.15) is 5.10 Å². The van der Waals surface area contributed by atoms with Crippen molar-refractivity contribution in [2.24, 2.45) is 5.10 Å². The van der Waals surface area contributed by atoms with Gasteiger partial charge < -0.3 is 14.7 Å². The van der Waals surface area contributed by atoms with Crippen LogP contribution < -0.4 is 4.74 Å². The van der Waals surface area contributed by atoms with Crippen molar-refractivity contribution in [2.75, 3.05) is 39.8 Å². The second-order valence-electron chi connectivity index (χ2n) is 5.07. The van der Waals surface area contributed by atoms with Gasteiger partial charge in [-0.15, -0.1) is 0 Å². The topological polar surface area (TPSA) is 48.3 Å². The zero-order valence-electron chi connectivity index (χ0n) is 12.2. The maximum absolute atomic E-state index is 9.96. The molecule has 0 aliphatic carbocycles. The highest BCUT2D eigenvalue weighted by atomic mass is 16.5. The van der Waals surface area contributed by atoms with Crippen LogP contribution in [0.4, 0.5) is 0 Å². The minimum atomic E-state index is 0.205. The second kappa shape index (κ2) is 7.14. The SMILES string of the molecule is CCCOc1ccc(/C=N/N2CCN(C)CC2)c(O)c1. The third-order valence-corrected chi connectivity index (χ3v) is 3.31. The van der Waals surface area contributed by atoms with Crippen LogP contribution in [0.2, 0.25) is 0 Å². The van der Waals surface area contributed by atoms with Crippen LogP contribution in [0.5, 0.6) is 11.5 Å². The van der Waals surface area contributed by atoms with Crippen molar-refractivity contribution in [3.8, 4) is 11.5 Å². The molecule has 5 heteroatoms. The van der Waals surface area contributed by atoms with E-state index in [0.717, 1.165) is 32.6 Å². The monoisotopic (exact) mass is 277 g/mol. The molecule has 1 heterocycles. The zero-order chi connectivity index (χ0) is 14.4. The van der Waals surface area contributed by atoms with Crippen LogP contribution in [-0.4, -0.2) is 61.1 Å². The van der Waals surface area contributed by atoms with E-state index in [1.807, 2.05) is 17.1 Å². The molecule has 0 unspecified atom stereocenters. The summed E-state index contributed by atoms with van der Waals surface area (Å²) in [6.07, 6.45) is 2.66. The molecule has 1 aromatic carbocycles. The van der Waals surface area contributed by atoms with E-state index in [1.54, 1.807) is 12.3 Å². The van der Waals surface area contributed by atoms with Gasteiger partial charge in [-0.25, -0.2) is 0 Å². The molecular formula is C15H23N3O2. The van der Waals surface area contributed by atoms with E-state index < -0.39 is 0 Å². The average molecular weight is 277 g/mol. The van der Waals surface area contributed by atoms with Crippen LogP contribution >= 0.6 is 0 Å². The van der Waals surface area contributed by atoms with E-state index in [-0.39, 0.29) is 5.75 Å². The number of phenolic OH excluding ortho intramolecular Hbond substituents is 1. The van der Waals surface area contributed by atoms with Gasteiger partial charge in [0.1, 0.15) is 11.5 Å². The summed E-state index contributed by atoms with van der Waals surface area (Å²) in [5.74, 6) is 0.901. The first kappa shape index (κ1) is 14.7. The number of phenols is 1. The van der Waals surface area contributed by atoms with E-state index in [1.165, 1.54) is 0 Å². The van der Waals surface area contributed by atoms with Crippen molar-refractivity contribution in [2.45, 2.75) is 13.3 Å². The van der Waals surface area contributed by atoms with Crippen LogP contribution in [-0.2, 0) is 0 Å². The Kier molecular flexibility index (Phi) is 5.24. The van der Waals surface area contributed by atoms with Crippen molar-refractivity contribution < 1.29 is 9.84 Å². The lowest BCUT2D eigenvalue weighted by atomic mass is 10.2. The van der Waals surface area contributed by atoms with Gasteiger partial charge in [-0.1, -0.05) is 6.92 Å². The Hall–Kier alpha value is -1.75. The first-order valence-corrected chi connectivity index (χ1v) is 7.12. The Morgan fingerprint density at radius 3 is 2.70 bits per heavy atom. The molecule has 5 nitrogen and oxygen atoms in total. The van der Waals surface area contributed by atoms with E-state index in [4.69, 9.17) is 4.74 Å². The Bertz CT molecular complexity index is 454. The van der Waals surface area contributed by atoms with Gasteiger partial charge in [0.15, 0.2) is 0 Å². The molecule has 110 valence electrons. The third-order valence-electron chi connectivity index (χ3n) is 3.31. The van der Waals surface area contributed by atoms with Crippen molar-refractivity contribution >= 4 is 6.21 Å². The maximum Gasteiger partial charge on any atom is 0.128 e. The van der Waals surface area contributed by atoms with Crippen LogP contribution in [0.25, 0.3) is 0 Å². The van der Waals surface area contributed by atoms with Crippen LogP contribution in [0.15, 0.2) is 23.3 Å². The number of rotatable bonds is 5. The average Bonchev–Trinajstić information content (AvgIpc) is 2.46. The number of hydrogen-bond acceptors (Lipinski definition) is 5. The van der Waals surface area contributed by atoms with Gasteiger partial charge in [0.25, 0.3) is 0 Å². The Morgan fingerprint density at radius 1 is 1.30 bits per heavy atom. The Morgan fingerprint density at radius 2 is 2.05 bits per heavy atom. The molecule has 0 amide bonds. The number of ether oxygens (including phenoxy) is 1. The highest BCUT2D eigenvalue weighted by Gasteiger charge is 2.11. The zero-order valence-corrected chi connectivity index (χ0v) is 12.2. The van der Waals surface area contributed by atoms with Crippen molar-refractivity contribution in [1.82, 2.24) is 9.91 Å². The fourth-order valence-electron chi connectivity index (χ4n) is 2.00. The number of hydrogen-bond donors (Lipinski definition) is 1. The molecule has 1 saturated heterocycles. The fraction of sp³-hybridized carbons (Fsp3) is 0.533. The molecule has 2 rings (SSSR count). The maximum atomic E-state index is 9.96. The quantitative estimate of drug-likeness (QED) is 0.833. The van der Waals surface area contributed by atoms with Crippen molar-refractivity contribution in [3.63, 3.8) is 0 Å². The fourth-order valence-corrected chi connectivity index (χ4v) is 2.00. The Labute approximate surface area is 120 Å². The van der Waals surface area contributed by atoms with E-state index in [9.17, 15) is 5.11 Å². The van der Waals surface area contributed by atoms with E-state index in [2.05, 4.69) is 24.0 Å². The summed E-state index contributed by atoms with van der Waals surface area (Å²) >= 11 is 0. The molecule has 0 saturated carbocycles. The minimum Gasteiger partial charge on any atom is -0.507 e. The van der Waals surface area contributed by atoms with Gasteiger partial charge in [0, 0.05) is 37.8 Å². The predicted molar refractivity (Wildman–Crippen MR) is 80.6 cm³/mol. The molecule has 1 aliphatic heterocycles. The summed E-state index contributed by atoms with van der Waals surface area (Å²) in [4.78, 5) is 2.28. The van der Waals surface area contributed by atoms with E-state index in [0.29, 0.717) is 17.9 Å². The second-order valence-corrected chi connectivity index (χ2v) is 5.07. The lowest BCUT2D eigenvalue weighted by Gasteiger charge is -2.30. The molecule has 20 heavy (non-hydrogen) atoms.